The maximum Gasteiger partial charge on any atom is 0.317 e. The van der Waals surface area contributed by atoms with Crippen molar-refractivity contribution in [3.05, 3.63) is 0 Å². The fraction of sp³-hybridized carbons (Fsp3) is 0.875. The van der Waals surface area contributed by atoms with Crippen LogP contribution in [0.1, 0.15) is 13.8 Å². The van der Waals surface area contributed by atoms with E-state index in [0.717, 1.165) is 26.2 Å². The van der Waals surface area contributed by atoms with E-state index in [0.29, 0.717) is 0 Å². The third kappa shape index (κ3) is 3.57. The lowest BCUT2D eigenvalue weighted by molar-refractivity contribution is 0.218. The number of hydrogen-bond donors (Lipinski definition) is 2. The van der Waals surface area contributed by atoms with E-state index < -0.39 is 0 Å². The van der Waals surface area contributed by atoms with Crippen molar-refractivity contribution >= 4 is 6.03 Å². The minimum Gasteiger partial charge on any atom is -0.336 e. The van der Waals surface area contributed by atoms with Gasteiger partial charge in [-0.25, -0.2) is 4.79 Å². The number of likely N-dealkylation sites (N-methyl/N-ethyl adjacent to an activating group) is 1. The molecule has 1 fully saturated rings. The summed E-state index contributed by atoms with van der Waals surface area (Å²) in [5.41, 5.74) is 0. The minimum atomic E-state index is 0.0650. The summed E-state index contributed by atoms with van der Waals surface area (Å²) in [4.78, 5) is 12.7. The zero-order chi connectivity index (χ0) is 9.40. The van der Waals surface area contributed by atoms with E-state index in [9.17, 15) is 4.79 Å². The summed E-state index contributed by atoms with van der Waals surface area (Å²) < 4.78 is 0. The standard InChI is InChI=1S/C6H13N3O.C2H6/c1-7-2-4-9-5-3-8-6(9)10;1-2/h7H,2-5H2,1H3,(H,8,10);1-2H3. The third-order valence-electron chi connectivity index (χ3n) is 1.58. The summed E-state index contributed by atoms with van der Waals surface area (Å²) in [6, 6.07) is 0.0650. The van der Waals surface area contributed by atoms with Crippen LogP contribution in [-0.4, -0.2) is 44.2 Å². The van der Waals surface area contributed by atoms with Crippen molar-refractivity contribution in [3.8, 4) is 0 Å². The highest BCUT2D eigenvalue weighted by Gasteiger charge is 2.17. The van der Waals surface area contributed by atoms with Crippen molar-refractivity contribution < 1.29 is 4.79 Å². The van der Waals surface area contributed by atoms with Crippen LogP contribution in [0.5, 0.6) is 0 Å². The molecule has 1 heterocycles. The molecule has 1 aliphatic heterocycles. The molecule has 0 saturated carbocycles. The number of nitrogens with zero attached hydrogens (tertiary/aromatic N) is 1. The number of rotatable bonds is 3. The molecule has 0 aromatic rings. The van der Waals surface area contributed by atoms with Gasteiger partial charge in [0.25, 0.3) is 0 Å². The summed E-state index contributed by atoms with van der Waals surface area (Å²) in [6.45, 7) is 7.32. The van der Waals surface area contributed by atoms with Gasteiger partial charge >= 0.3 is 6.03 Å². The highest BCUT2D eigenvalue weighted by molar-refractivity contribution is 5.76. The summed E-state index contributed by atoms with van der Waals surface area (Å²) >= 11 is 0. The Morgan fingerprint density at radius 1 is 1.58 bits per heavy atom. The second kappa shape index (κ2) is 6.91. The second-order valence-electron chi connectivity index (χ2n) is 2.32. The SMILES string of the molecule is CC.CNCCN1CCNC1=O. The second-order valence-corrected chi connectivity index (χ2v) is 2.32. The van der Waals surface area contributed by atoms with Crippen LogP contribution in [0, 0.1) is 0 Å². The maximum atomic E-state index is 10.9. The zero-order valence-corrected chi connectivity index (χ0v) is 8.18. The molecule has 0 unspecified atom stereocenters. The predicted molar refractivity (Wildman–Crippen MR) is 50.2 cm³/mol. The molecule has 0 bridgehead atoms. The van der Waals surface area contributed by atoms with Gasteiger partial charge in [0.05, 0.1) is 0 Å². The molecule has 0 aromatic heterocycles. The van der Waals surface area contributed by atoms with Gasteiger partial charge in [0.2, 0.25) is 0 Å². The van der Waals surface area contributed by atoms with E-state index in [2.05, 4.69) is 10.6 Å². The molecule has 0 aliphatic carbocycles. The topological polar surface area (TPSA) is 44.4 Å². The Bertz CT molecular complexity index is 127. The molecular weight excluding hydrogens is 154 g/mol. The Balaban J connectivity index is 0.000000561. The van der Waals surface area contributed by atoms with Gasteiger partial charge in [0, 0.05) is 26.2 Å². The Hall–Kier alpha value is -0.770. The van der Waals surface area contributed by atoms with Crippen LogP contribution in [0.2, 0.25) is 0 Å². The van der Waals surface area contributed by atoms with Gasteiger partial charge in [-0.15, -0.1) is 0 Å². The van der Waals surface area contributed by atoms with E-state index in [1.165, 1.54) is 0 Å². The van der Waals surface area contributed by atoms with E-state index in [4.69, 9.17) is 0 Å². The Morgan fingerprint density at radius 2 is 2.25 bits per heavy atom. The first-order valence-corrected chi connectivity index (χ1v) is 4.52. The molecule has 4 heteroatoms. The summed E-state index contributed by atoms with van der Waals surface area (Å²) in [5, 5.41) is 5.73. The van der Waals surface area contributed by atoms with Gasteiger partial charge in [0.1, 0.15) is 0 Å². The lowest BCUT2D eigenvalue weighted by atomic mass is 10.5. The van der Waals surface area contributed by atoms with Gasteiger partial charge in [-0.05, 0) is 7.05 Å². The van der Waals surface area contributed by atoms with Gasteiger partial charge in [-0.2, -0.15) is 0 Å². The number of urea groups is 1. The normalized spacial score (nSPS) is 15.2. The predicted octanol–water partition coefficient (Wildman–Crippen LogP) is 0.257. The van der Waals surface area contributed by atoms with Crippen LogP contribution in [-0.2, 0) is 0 Å². The number of carbonyl (C=O) groups excluding carboxylic acids is 1. The average Bonchev–Trinajstić information content (AvgIpc) is 2.51. The molecule has 0 spiro atoms. The molecular formula is C8H19N3O. The van der Waals surface area contributed by atoms with E-state index >= 15 is 0 Å². The molecule has 0 aromatic carbocycles. The van der Waals surface area contributed by atoms with Crippen LogP contribution < -0.4 is 10.6 Å². The minimum absolute atomic E-state index is 0.0650. The molecule has 1 rings (SSSR count). The van der Waals surface area contributed by atoms with Gasteiger partial charge < -0.3 is 15.5 Å². The molecule has 12 heavy (non-hydrogen) atoms. The summed E-state index contributed by atoms with van der Waals surface area (Å²) in [7, 11) is 1.88. The Labute approximate surface area is 74.3 Å². The molecule has 2 amide bonds. The number of hydrogen-bond acceptors (Lipinski definition) is 2. The fourth-order valence-electron chi connectivity index (χ4n) is 0.971. The van der Waals surface area contributed by atoms with Crippen LogP contribution >= 0.6 is 0 Å². The molecule has 72 valence electrons. The Morgan fingerprint density at radius 3 is 2.67 bits per heavy atom. The molecule has 2 N–H and O–H groups in total. The van der Waals surface area contributed by atoms with Crippen molar-refractivity contribution in [2.45, 2.75) is 13.8 Å². The van der Waals surface area contributed by atoms with Gasteiger partial charge in [-0.1, -0.05) is 13.8 Å². The maximum absolute atomic E-state index is 10.9. The van der Waals surface area contributed by atoms with E-state index in [1.807, 2.05) is 20.9 Å². The monoisotopic (exact) mass is 173 g/mol. The van der Waals surface area contributed by atoms with E-state index in [-0.39, 0.29) is 6.03 Å². The fourth-order valence-corrected chi connectivity index (χ4v) is 0.971. The first-order chi connectivity index (χ1) is 5.84. The quantitative estimate of drug-likeness (QED) is 0.643. The third-order valence-corrected chi connectivity index (χ3v) is 1.58. The number of nitrogens with one attached hydrogen (secondary N) is 2. The van der Waals surface area contributed by atoms with Crippen molar-refractivity contribution in [2.75, 3.05) is 33.2 Å². The first-order valence-electron chi connectivity index (χ1n) is 4.52. The van der Waals surface area contributed by atoms with E-state index in [1.54, 1.807) is 4.90 Å². The summed E-state index contributed by atoms with van der Waals surface area (Å²) in [5.74, 6) is 0. The van der Waals surface area contributed by atoms with Crippen molar-refractivity contribution in [2.24, 2.45) is 0 Å². The molecule has 0 atom stereocenters. The van der Waals surface area contributed by atoms with Crippen molar-refractivity contribution in [3.63, 3.8) is 0 Å². The van der Waals surface area contributed by atoms with Crippen LogP contribution in [0.4, 0.5) is 4.79 Å². The molecule has 1 aliphatic rings. The Kier molecular flexibility index (Phi) is 6.47. The van der Waals surface area contributed by atoms with Crippen molar-refractivity contribution in [1.82, 2.24) is 15.5 Å². The summed E-state index contributed by atoms with van der Waals surface area (Å²) in [6.07, 6.45) is 0. The van der Waals surface area contributed by atoms with Crippen LogP contribution in [0.25, 0.3) is 0 Å². The zero-order valence-electron chi connectivity index (χ0n) is 8.18. The average molecular weight is 173 g/mol. The van der Waals surface area contributed by atoms with Crippen molar-refractivity contribution in [1.29, 1.82) is 0 Å². The van der Waals surface area contributed by atoms with Gasteiger partial charge in [-0.3, -0.25) is 0 Å². The number of carbonyl (C=O) groups is 1. The molecule has 4 nitrogen and oxygen atoms in total. The lowest BCUT2D eigenvalue weighted by Crippen LogP contribution is -2.33. The van der Waals surface area contributed by atoms with Crippen LogP contribution in [0.3, 0.4) is 0 Å². The highest BCUT2D eigenvalue weighted by Crippen LogP contribution is 1.93. The molecule has 1 saturated heterocycles. The first kappa shape index (κ1) is 11.2. The highest BCUT2D eigenvalue weighted by atomic mass is 16.2. The number of amides is 2. The van der Waals surface area contributed by atoms with Gasteiger partial charge in [0.15, 0.2) is 0 Å². The van der Waals surface area contributed by atoms with Crippen LogP contribution in [0.15, 0.2) is 0 Å². The molecule has 0 radical (unpaired) electrons. The largest absolute Gasteiger partial charge is 0.336 e. The lowest BCUT2D eigenvalue weighted by Gasteiger charge is -2.12. The smallest absolute Gasteiger partial charge is 0.317 e.